The minimum Gasteiger partial charge on any atom is -0.489 e. The predicted molar refractivity (Wildman–Crippen MR) is 274 cm³/mol. The number of hydrogen-bond acceptors (Lipinski definition) is 15. The summed E-state index contributed by atoms with van der Waals surface area (Å²) in [6.45, 7) is 10.3. The number of ether oxygens (including phenoxy) is 3. The number of piperidine rings is 1. The number of aromatic amines is 1. The zero-order chi connectivity index (χ0) is 49.3. The lowest BCUT2D eigenvalue weighted by molar-refractivity contribution is -0.384. The third kappa shape index (κ3) is 8.69. The molecule has 380 valence electrons. The molecule has 0 unspecified atom stereocenters. The first-order chi connectivity index (χ1) is 34.9. The first-order valence-electron chi connectivity index (χ1n) is 25.9. The Bertz CT molecular complexity index is 3000. The number of carbonyl (C=O) groups is 1. The Kier molecular flexibility index (Phi) is 12.3. The highest BCUT2D eigenvalue weighted by molar-refractivity contribution is 7.90. The second-order valence-corrected chi connectivity index (χ2v) is 22.8. The average molecular weight is 1000 g/mol. The van der Waals surface area contributed by atoms with Crippen LogP contribution in [-0.2, 0) is 21.2 Å². The van der Waals surface area contributed by atoms with Gasteiger partial charge in [0.2, 0.25) is 5.88 Å². The first-order valence-corrected chi connectivity index (χ1v) is 27.3. The highest BCUT2D eigenvalue weighted by Crippen LogP contribution is 2.55. The van der Waals surface area contributed by atoms with Crippen molar-refractivity contribution in [3.63, 3.8) is 0 Å². The number of fused-ring (bicyclic) bond motifs is 4. The van der Waals surface area contributed by atoms with Gasteiger partial charge in [0.05, 0.1) is 39.8 Å². The predicted octanol–water partition coefficient (Wildman–Crippen LogP) is 6.85. The molecule has 3 N–H and O–H groups in total. The van der Waals surface area contributed by atoms with Crippen LogP contribution in [0.2, 0.25) is 0 Å². The van der Waals surface area contributed by atoms with E-state index < -0.39 is 37.5 Å². The lowest BCUT2D eigenvalue weighted by Crippen LogP contribution is -2.55. The number of amides is 1. The molecular weight excluding hydrogens is 937 g/mol. The van der Waals surface area contributed by atoms with Crippen LogP contribution in [0.5, 0.6) is 11.6 Å². The number of nitrogens with one attached hydrogen (secondary N) is 3. The van der Waals surface area contributed by atoms with Gasteiger partial charge >= 0.3 is 0 Å². The molecular formula is C53H64N10O8S. The molecule has 8 heterocycles. The minimum absolute atomic E-state index is 0.0365. The van der Waals surface area contributed by atoms with E-state index in [1.165, 1.54) is 42.9 Å². The largest absolute Gasteiger partial charge is 0.489 e. The maximum absolute atomic E-state index is 14.8. The molecule has 1 saturated carbocycles. The summed E-state index contributed by atoms with van der Waals surface area (Å²) in [5.41, 5.74) is 5.77. The van der Waals surface area contributed by atoms with Crippen LogP contribution in [0, 0.1) is 15.5 Å². The van der Waals surface area contributed by atoms with Gasteiger partial charge in [-0.1, -0.05) is 31.2 Å². The van der Waals surface area contributed by atoms with E-state index in [0.717, 1.165) is 82.2 Å². The summed E-state index contributed by atoms with van der Waals surface area (Å²) in [4.78, 5) is 46.2. The summed E-state index contributed by atoms with van der Waals surface area (Å²) in [7, 11) is -2.61. The number of aryl methyl sites for hydroxylation is 1. The van der Waals surface area contributed by atoms with Crippen LogP contribution in [0.3, 0.4) is 0 Å². The van der Waals surface area contributed by atoms with Crippen LogP contribution < -0.4 is 29.3 Å². The number of nitro groups is 1. The number of nitro benzene ring substituents is 1. The molecule has 6 aliphatic heterocycles. The van der Waals surface area contributed by atoms with E-state index in [1.807, 2.05) is 30.5 Å². The number of likely N-dealkylation sites (N-methyl/N-ethyl adjacent to an activating group) is 1. The van der Waals surface area contributed by atoms with Crippen LogP contribution >= 0.6 is 0 Å². The van der Waals surface area contributed by atoms with Gasteiger partial charge in [0.15, 0.2) is 11.4 Å². The van der Waals surface area contributed by atoms with Crippen molar-refractivity contribution >= 4 is 55.4 Å². The molecule has 5 fully saturated rings. The molecule has 0 bridgehead atoms. The zero-order valence-corrected chi connectivity index (χ0v) is 41.9. The minimum atomic E-state index is -4.68. The Hall–Kier alpha value is -5.99. The number of likely N-dealkylation sites (tertiary alicyclic amines) is 1. The van der Waals surface area contributed by atoms with Gasteiger partial charge in [-0.15, -0.1) is 0 Å². The molecule has 1 spiro atoms. The lowest BCUT2D eigenvalue weighted by atomic mass is 9.59. The molecule has 3 aromatic carbocycles. The Balaban J connectivity index is 0.827. The molecule has 0 radical (unpaired) electrons. The number of carbonyl (C=O) groups excluding carboxylic acids is 1. The van der Waals surface area contributed by atoms with E-state index in [2.05, 4.69) is 77.8 Å². The molecule has 72 heavy (non-hydrogen) atoms. The van der Waals surface area contributed by atoms with Crippen LogP contribution in [0.1, 0.15) is 79.4 Å². The lowest BCUT2D eigenvalue weighted by Gasteiger charge is -2.56. The molecule has 2 aromatic heterocycles. The fourth-order valence-electron chi connectivity index (χ4n) is 12.9. The number of aromatic nitrogens is 2. The summed E-state index contributed by atoms with van der Waals surface area (Å²) >= 11 is 0. The third-order valence-corrected chi connectivity index (χ3v) is 18.1. The van der Waals surface area contributed by atoms with Crippen molar-refractivity contribution in [1.82, 2.24) is 29.4 Å². The summed E-state index contributed by atoms with van der Waals surface area (Å²) in [5, 5.41) is 16.7. The Morgan fingerprint density at radius 3 is 2.58 bits per heavy atom. The highest BCUT2D eigenvalue weighted by atomic mass is 32.2. The van der Waals surface area contributed by atoms with E-state index >= 15 is 0 Å². The second kappa shape index (κ2) is 18.8. The molecule has 1 aliphatic carbocycles. The summed E-state index contributed by atoms with van der Waals surface area (Å²) < 4.78 is 49.6. The van der Waals surface area contributed by atoms with Crippen LogP contribution in [0.4, 0.5) is 28.4 Å². The fourth-order valence-corrected chi connectivity index (χ4v) is 13.9. The number of sulfonamides is 1. The summed E-state index contributed by atoms with van der Waals surface area (Å²) in [6, 6.07) is 21.3. The average Bonchev–Trinajstić information content (AvgIpc) is 4.06. The van der Waals surface area contributed by atoms with Crippen LogP contribution in [0.15, 0.2) is 77.8 Å². The van der Waals surface area contributed by atoms with Gasteiger partial charge in [-0.3, -0.25) is 24.7 Å². The number of H-pyrrole nitrogens is 1. The number of nitrogens with zero attached hydrogens (tertiary/aromatic N) is 7. The maximum atomic E-state index is 14.8. The third-order valence-electron chi connectivity index (χ3n) is 16.8. The van der Waals surface area contributed by atoms with E-state index in [-0.39, 0.29) is 35.7 Å². The topological polar surface area (TPSA) is 191 Å². The number of anilines is 4. The van der Waals surface area contributed by atoms with E-state index in [9.17, 15) is 23.3 Å². The van der Waals surface area contributed by atoms with Crippen molar-refractivity contribution < 1.29 is 32.3 Å². The molecule has 7 aliphatic rings. The fraction of sp³-hybridized carbons (Fsp3) is 0.509. The normalized spacial score (nSPS) is 24.6. The smallest absolute Gasteiger partial charge is 0.297 e. The molecule has 5 aromatic rings. The molecule has 1 amide bonds. The Morgan fingerprint density at radius 1 is 0.958 bits per heavy atom. The standard InChI is InChI=1S/C53H64N10O8S/c1-3-34-7-4-5-8-40(34)42-9-6-17-61(42)38-29-53(30-38)14-18-60(19-15-53)37-10-11-41(44(26-37)62-43-13-24-69-33-48(43)71-52-46(62)25-35-12-16-54-50(35)56-52)51(64)57-72(67,68)39-27-45(63(65)66)49-47(28-39)70-32-36(55-49)31-59-22-20-58(2)21-23-59/h4-5,7-8,10-12,16,25-28,36,38,42-43,48,55H,3,6,9,13-15,17-24,29-33H2,1-2H3,(H,54,56)(H,57,64)/t36-,42-,43+,48+/m0/s1. The number of rotatable bonds is 11. The molecule has 19 heteroatoms. The van der Waals surface area contributed by atoms with Gasteiger partial charge < -0.3 is 39.2 Å². The van der Waals surface area contributed by atoms with E-state index in [0.29, 0.717) is 66.6 Å². The molecule has 12 rings (SSSR count). The number of hydrogen-bond donors (Lipinski definition) is 3. The van der Waals surface area contributed by atoms with Crippen molar-refractivity contribution in [2.45, 2.75) is 93.5 Å². The van der Waals surface area contributed by atoms with E-state index in [1.54, 1.807) is 6.07 Å². The van der Waals surface area contributed by atoms with Gasteiger partial charge in [0, 0.05) is 93.9 Å². The summed E-state index contributed by atoms with van der Waals surface area (Å²) in [5.74, 6) is -0.468. The second-order valence-electron chi connectivity index (χ2n) is 21.1. The molecule has 4 saturated heterocycles. The number of pyridine rings is 1. The first kappa shape index (κ1) is 47.0. The van der Waals surface area contributed by atoms with Gasteiger partial charge in [-0.2, -0.15) is 4.98 Å². The van der Waals surface area contributed by atoms with Crippen molar-refractivity contribution in [1.29, 1.82) is 0 Å². The zero-order valence-electron chi connectivity index (χ0n) is 41.1. The van der Waals surface area contributed by atoms with Crippen LogP contribution in [-0.4, -0.2) is 147 Å². The number of piperazine rings is 1. The van der Waals surface area contributed by atoms with Crippen molar-refractivity contribution in [2.24, 2.45) is 5.41 Å². The van der Waals surface area contributed by atoms with Gasteiger partial charge in [-0.25, -0.2) is 13.1 Å². The van der Waals surface area contributed by atoms with E-state index in [4.69, 9.17) is 19.2 Å². The molecule has 4 atom stereocenters. The maximum Gasteiger partial charge on any atom is 0.297 e. The monoisotopic (exact) mass is 1000 g/mol. The summed E-state index contributed by atoms with van der Waals surface area (Å²) in [6.07, 6.45) is 9.99. The van der Waals surface area contributed by atoms with Crippen LogP contribution in [0.25, 0.3) is 11.0 Å². The van der Waals surface area contributed by atoms with Gasteiger partial charge in [-0.05, 0) is 112 Å². The quantitative estimate of drug-likeness (QED) is 0.0920. The Morgan fingerprint density at radius 2 is 1.78 bits per heavy atom. The highest BCUT2D eigenvalue weighted by Gasteiger charge is 2.50. The Labute approximate surface area is 420 Å². The van der Waals surface area contributed by atoms with Gasteiger partial charge in [0.25, 0.3) is 21.6 Å². The van der Waals surface area contributed by atoms with Crippen molar-refractivity contribution in [3.8, 4) is 11.6 Å². The van der Waals surface area contributed by atoms with Crippen molar-refractivity contribution in [3.05, 3.63) is 99.7 Å². The van der Waals surface area contributed by atoms with Crippen molar-refractivity contribution in [2.75, 3.05) is 94.3 Å². The SMILES string of the molecule is CCc1ccccc1[C@@H]1CCCN1C1CC2(CCN(c3ccc(C(=O)NS(=O)(=O)c4cc5c(c([N+](=O)[O-])c4)N[C@@H](CN4CCN(C)CC4)CO5)c(N4c5cc6cc[nH]c6nc5O[C@@H]5COCC[C@H]54)c3)CC2)C1. The number of benzene rings is 3. The van der Waals surface area contributed by atoms with Gasteiger partial charge in [0.1, 0.15) is 24.0 Å². The molecule has 18 nitrogen and oxygen atoms in total.